The monoisotopic (exact) mass is 231 g/mol. The molecule has 0 aromatic heterocycles. The number of methoxy groups -OCH3 is 2. The van der Waals surface area contributed by atoms with Gasteiger partial charge in [0.2, 0.25) is 0 Å². The average Bonchev–Trinajstić information content (AvgIpc) is 2.35. The van der Waals surface area contributed by atoms with Crippen LogP contribution in [0, 0.1) is 0 Å². The highest BCUT2D eigenvalue weighted by Gasteiger charge is 2.40. The molecule has 0 radical (unpaired) electrons. The van der Waals surface area contributed by atoms with Crippen LogP contribution < -0.4 is 5.32 Å². The highest BCUT2D eigenvalue weighted by molar-refractivity contribution is 4.94. The molecule has 0 amide bonds. The van der Waals surface area contributed by atoms with Crippen molar-refractivity contribution in [3.63, 3.8) is 0 Å². The Morgan fingerprint density at radius 2 is 2.00 bits per heavy atom. The molecule has 0 bridgehead atoms. The van der Waals surface area contributed by atoms with E-state index in [2.05, 4.69) is 12.2 Å². The molecule has 0 spiro atoms. The van der Waals surface area contributed by atoms with Crippen LogP contribution in [0.5, 0.6) is 0 Å². The summed E-state index contributed by atoms with van der Waals surface area (Å²) in [6.07, 6.45) is 3.00. The lowest BCUT2D eigenvalue weighted by atomic mass is 9.86. The van der Waals surface area contributed by atoms with E-state index in [1.54, 1.807) is 14.2 Å². The summed E-state index contributed by atoms with van der Waals surface area (Å²) < 4.78 is 16.5. The molecule has 1 heterocycles. The van der Waals surface area contributed by atoms with Crippen LogP contribution >= 0.6 is 0 Å². The number of hydrogen-bond donors (Lipinski definition) is 1. The van der Waals surface area contributed by atoms with Crippen molar-refractivity contribution in [3.8, 4) is 0 Å². The van der Waals surface area contributed by atoms with E-state index in [1.807, 2.05) is 0 Å². The SMILES string of the molecule is CCCNC(COC)C1(OC)CCOCC1. The minimum atomic E-state index is -0.122. The zero-order chi connectivity index (χ0) is 11.9. The van der Waals surface area contributed by atoms with E-state index in [0.717, 1.165) is 39.0 Å². The van der Waals surface area contributed by atoms with E-state index in [0.29, 0.717) is 6.61 Å². The molecule has 1 aliphatic rings. The van der Waals surface area contributed by atoms with Gasteiger partial charge in [-0.25, -0.2) is 0 Å². The Morgan fingerprint density at radius 3 is 2.50 bits per heavy atom. The third kappa shape index (κ3) is 3.42. The summed E-state index contributed by atoms with van der Waals surface area (Å²) in [5.74, 6) is 0. The fourth-order valence-corrected chi connectivity index (χ4v) is 2.29. The van der Waals surface area contributed by atoms with Gasteiger partial charge in [0.25, 0.3) is 0 Å². The van der Waals surface area contributed by atoms with Gasteiger partial charge >= 0.3 is 0 Å². The van der Waals surface area contributed by atoms with Crippen molar-refractivity contribution in [1.29, 1.82) is 0 Å². The standard InChI is InChI=1S/C12H25NO3/c1-4-7-13-11(10-14-2)12(15-3)5-8-16-9-6-12/h11,13H,4-10H2,1-3H3. The molecule has 1 rings (SSSR count). The molecule has 1 atom stereocenters. The molecule has 0 aromatic carbocycles. The molecule has 1 saturated heterocycles. The first-order valence-electron chi connectivity index (χ1n) is 6.14. The zero-order valence-electron chi connectivity index (χ0n) is 10.8. The minimum absolute atomic E-state index is 0.122. The van der Waals surface area contributed by atoms with Crippen molar-refractivity contribution in [2.75, 3.05) is 40.6 Å². The molecule has 16 heavy (non-hydrogen) atoms. The summed E-state index contributed by atoms with van der Waals surface area (Å²) in [5.41, 5.74) is -0.122. The van der Waals surface area contributed by atoms with Gasteiger partial charge in [-0.1, -0.05) is 6.92 Å². The predicted octanol–water partition coefficient (Wildman–Crippen LogP) is 1.20. The van der Waals surface area contributed by atoms with Crippen LogP contribution in [0.2, 0.25) is 0 Å². The first kappa shape index (κ1) is 13.9. The topological polar surface area (TPSA) is 39.7 Å². The summed E-state index contributed by atoms with van der Waals surface area (Å²) in [6.45, 7) is 5.41. The highest BCUT2D eigenvalue weighted by Crippen LogP contribution is 2.28. The van der Waals surface area contributed by atoms with Crippen molar-refractivity contribution < 1.29 is 14.2 Å². The molecule has 4 nitrogen and oxygen atoms in total. The van der Waals surface area contributed by atoms with Gasteiger partial charge in [-0.05, 0) is 13.0 Å². The summed E-state index contributed by atoms with van der Waals surface area (Å²) in [5, 5.41) is 3.53. The van der Waals surface area contributed by atoms with Crippen LogP contribution in [0.4, 0.5) is 0 Å². The fourth-order valence-electron chi connectivity index (χ4n) is 2.29. The molecule has 1 N–H and O–H groups in total. The Kier molecular flexibility index (Phi) is 6.28. The fraction of sp³-hybridized carbons (Fsp3) is 1.00. The van der Waals surface area contributed by atoms with Crippen LogP contribution in [-0.2, 0) is 14.2 Å². The molecular weight excluding hydrogens is 206 g/mol. The Hall–Kier alpha value is -0.160. The number of hydrogen-bond acceptors (Lipinski definition) is 4. The Balaban J connectivity index is 2.62. The van der Waals surface area contributed by atoms with Gasteiger partial charge in [0.05, 0.1) is 18.2 Å². The van der Waals surface area contributed by atoms with E-state index in [4.69, 9.17) is 14.2 Å². The van der Waals surface area contributed by atoms with Crippen LogP contribution in [0.25, 0.3) is 0 Å². The summed E-state index contributed by atoms with van der Waals surface area (Å²) in [6, 6.07) is 0.256. The van der Waals surface area contributed by atoms with Crippen molar-refractivity contribution in [2.24, 2.45) is 0 Å². The van der Waals surface area contributed by atoms with Gasteiger partial charge in [0, 0.05) is 40.3 Å². The highest BCUT2D eigenvalue weighted by atomic mass is 16.5. The molecule has 4 heteroatoms. The molecular formula is C12H25NO3. The molecule has 1 aliphatic heterocycles. The van der Waals surface area contributed by atoms with E-state index >= 15 is 0 Å². The second-order valence-corrected chi connectivity index (χ2v) is 4.34. The van der Waals surface area contributed by atoms with Gasteiger partial charge in [0.1, 0.15) is 0 Å². The van der Waals surface area contributed by atoms with Gasteiger partial charge in [0.15, 0.2) is 0 Å². The summed E-state index contributed by atoms with van der Waals surface area (Å²) >= 11 is 0. The van der Waals surface area contributed by atoms with Crippen molar-refractivity contribution in [2.45, 2.75) is 37.8 Å². The number of rotatable bonds is 7. The van der Waals surface area contributed by atoms with Crippen LogP contribution in [-0.4, -0.2) is 52.2 Å². The zero-order valence-corrected chi connectivity index (χ0v) is 10.8. The largest absolute Gasteiger partial charge is 0.383 e. The third-order valence-electron chi connectivity index (χ3n) is 3.35. The maximum atomic E-state index is 5.77. The summed E-state index contributed by atoms with van der Waals surface area (Å²) in [7, 11) is 3.53. The molecule has 0 aromatic rings. The third-order valence-corrected chi connectivity index (χ3v) is 3.35. The van der Waals surface area contributed by atoms with Crippen LogP contribution in [0.3, 0.4) is 0 Å². The second kappa shape index (κ2) is 7.22. The Bertz CT molecular complexity index is 181. The quantitative estimate of drug-likeness (QED) is 0.714. The molecule has 1 unspecified atom stereocenters. The number of nitrogens with one attached hydrogen (secondary N) is 1. The van der Waals surface area contributed by atoms with Gasteiger partial charge in [-0.3, -0.25) is 0 Å². The van der Waals surface area contributed by atoms with Gasteiger partial charge < -0.3 is 19.5 Å². The van der Waals surface area contributed by atoms with Gasteiger partial charge in [-0.15, -0.1) is 0 Å². The van der Waals surface area contributed by atoms with Crippen LogP contribution in [0.15, 0.2) is 0 Å². The van der Waals surface area contributed by atoms with E-state index < -0.39 is 0 Å². The van der Waals surface area contributed by atoms with E-state index in [1.165, 1.54) is 0 Å². The second-order valence-electron chi connectivity index (χ2n) is 4.34. The average molecular weight is 231 g/mol. The maximum absolute atomic E-state index is 5.77. The molecule has 96 valence electrons. The maximum Gasteiger partial charge on any atom is 0.0897 e. The molecule has 0 aliphatic carbocycles. The van der Waals surface area contributed by atoms with Crippen molar-refractivity contribution >= 4 is 0 Å². The lowest BCUT2D eigenvalue weighted by Crippen LogP contribution is -2.57. The Labute approximate surface area is 98.6 Å². The first-order chi connectivity index (χ1) is 7.79. The van der Waals surface area contributed by atoms with Crippen molar-refractivity contribution in [1.82, 2.24) is 5.32 Å². The van der Waals surface area contributed by atoms with E-state index in [-0.39, 0.29) is 11.6 Å². The van der Waals surface area contributed by atoms with Crippen LogP contribution in [0.1, 0.15) is 26.2 Å². The lowest BCUT2D eigenvalue weighted by molar-refractivity contribution is -0.120. The first-order valence-corrected chi connectivity index (χ1v) is 6.14. The van der Waals surface area contributed by atoms with E-state index in [9.17, 15) is 0 Å². The molecule has 1 fully saturated rings. The normalized spacial score (nSPS) is 21.9. The summed E-state index contributed by atoms with van der Waals surface area (Å²) in [4.78, 5) is 0. The number of ether oxygens (including phenoxy) is 3. The van der Waals surface area contributed by atoms with Crippen molar-refractivity contribution in [3.05, 3.63) is 0 Å². The Morgan fingerprint density at radius 1 is 1.31 bits per heavy atom. The lowest BCUT2D eigenvalue weighted by Gasteiger charge is -2.42. The minimum Gasteiger partial charge on any atom is -0.383 e. The van der Waals surface area contributed by atoms with Gasteiger partial charge in [-0.2, -0.15) is 0 Å². The smallest absolute Gasteiger partial charge is 0.0897 e. The predicted molar refractivity (Wildman–Crippen MR) is 63.8 cm³/mol. The molecule has 0 saturated carbocycles.